The van der Waals surface area contributed by atoms with Gasteiger partial charge in [0.2, 0.25) is 0 Å². The minimum absolute atomic E-state index is 0.125. The molecule has 0 bridgehead atoms. The molecule has 0 spiro atoms. The number of aromatic carboxylic acids is 1. The second-order valence-corrected chi connectivity index (χ2v) is 5.83. The third kappa shape index (κ3) is 3.27. The number of nitrogens with one attached hydrogen (secondary N) is 1. The average Bonchev–Trinajstić information content (AvgIpc) is 2.96. The highest BCUT2D eigenvalue weighted by Gasteiger charge is 2.05. The summed E-state index contributed by atoms with van der Waals surface area (Å²) in [4.78, 5) is 15.3. The standard InChI is InChI=1S/C16H11ClN2O2S/c17-12-6-4-10(5-7-12)14-9-22-16(19-14)18-13-3-1-2-11(8-13)15(20)21/h1-9H,(H,18,19)(H,20,21)/p-1. The first-order chi connectivity index (χ1) is 10.6. The number of aromatic nitrogens is 1. The Morgan fingerprint density at radius 2 is 1.95 bits per heavy atom. The predicted molar refractivity (Wildman–Crippen MR) is 86.6 cm³/mol. The van der Waals surface area contributed by atoms with Crippen LogP contribution < -0.4 is 10.4 Å². The van der Waals surface area contributed by atoms with E-state index in [-0.39, 0.29) is 5.56 Å². The lowest BCUT2D eigenvalue weighted by Gasteiger charge is -2.06. The molecular formula is C16H10ClN2O2S-. The van der Waals surface area contributed by atoms with Crippen LogP contribution in [0.5, 0.6) is 0 Å². The van der Waals surface area contributed by atoms with Crippen LogP contribution in [0.15, 0.2) is 53.9 Å². The molecule has 0 radical (unpaired) electrons. The Morgan fingerprint density at radius 3 is 2.68 bits per heavy atom. The van der Waals surface area contributed by atoms with Crippen LogP contribution in [0.2, 0.25) is 5.02 Å². The van der Waals surface area contributed by atoms with E-state index in [1.165, 1.54) is 23.5 Å². The summed E-state index contributed by atoms with van der Waals surface area (Å²) < 4.78 is 0. The number of carbonyl (C=O) groups excluding carboxylic acids is 1. The van der Waals surface area contributed by atoms with E-state index >= 15 is 0 Å². The summed E-state index contributed by atoms with van der Waals surface area (Å²) in [6.07, 6.45) is 0. The third-order valence-electron chi connectivity index (χ3n) is 2.99. The Balaban J connectivity index is 1.81. The number of benzene rings is 2. The predicted octanol–water partition coefficient (Wildman–Crippen LogP) is 3.57. The monoisotopic (exact) mass is 329 g/mol. The van der Waals surface area contributed by atoms with Crippen LogP contribution in [-0.2, 0) is 0 Å². The van der Waals surface area contributed by atoms with Crippen molar-refractivity contribution < 1.29 is 9.90 Å². The van der Waals surface area contributed by atoms with Crippen LogP contribution >= 0.6 is 22.9 Å². The van der Waals surface area contributed by atoms with Gasteiger partial charge >= 0.3 is 0 Å². The highest BCUT2D eigenvalue weighted by molar-refractivity contribution is 7.14. The summed E-state index contributed by atoms with van der Waals surface area (Å²) in [6.45, 7) is 0. The molecule has 0 saturated carbocycles. The van der Waals surface area contributed by atoms with Gasteiger partial charge in [-0.2, -0.15) is 0 Å². The van der Waals surface area contributed by atoms with Gasteiger partial charge in [-0.15, -0.1) is 11.3 Å². The van der Waals surface area contributed by atoms with Crippen molar-refractivity contribution in [1.82, 2.24) is 4.98 Å². The van der Waals surface area contributed by atoms with Crippen molar-refractivity contribution in [3.05, 3.63) is 64.5 Å². The molecule has 22 heavy (non-hydrogen) atoms. The lowest BCUT2D eigenvalue weighted by Crippen LogP contribution is -2.22. The van der Waals surface area contributed by atoms with Crippen molar-refractivity contribution in [1.29, 1.82) is 0 Å². The molecule has 0 unspecified atom stereocenters. The number of thiazole rings is 1. The normalized spacial score (nSPS) is 10.4. The van der Waals surface area contributed by atoms with E-state index in [2.05, 4.69) is 10.3 Å². The summed E-state index contributed by atoms with van der Waals surface area (Å²) in [5.41, 5.74) is 2.58. The van der Waals surface area contributed by atoms with Gasteiger partial charge in [0.05, 0.1) is 11.7 Å². The maximum Gasteiger partial charge on any atom is 0.187 e. The van der Waals surface area contributed by atoms with Crippen molar-refractivity contribution >= 4 is 39.7 Å². The van der Waals surface area contributed by atoms with E-state index in [0.29, 0.717) is 15.8 Å². The van der Waals surface area contributed by atoms with Gasteiger partial charge in [0.15, 0.2) is 5.13 Å². The summed E-state index contributed by atoms with van der Waals surface area (Å²) in [5, 5.41) is 17.2. The third-order valence-corrected chi connectivity index (χ3v) is 4.00. The molecule has 3 rings (SSSR count). The molecule has 0 atom stereocenters. The van der Waals surface area contributed by atoms with Crippen molar-refractivity contribution in [2.75, 3.05) is 5.32 Å². The minimum Gasteiger partial charge on any atom is -0.545 e. The zero-order chi connectivity index (χ0) is 15.5. The number of carboxylic acids is 1. The quantitative estimate of drug-likeness (QED) is 0.794. The average molecular weight is 330 g/mol. The molecule has 6 heteroatoms. The van der Waals surface area contributed by atoms with Crippen LogP contribution in [0.4, 0.5) is 10.8 Å². The second-order valence-electron chi connectivity index (χ2n) is 4.54. The fraction of sp³-hybridized carbons (Fsp3) is 0. The van der Waals surface area contributed by atoms with Gasteiger partial charge in [-0.3, -0.25) is 0 Å². The topological polar surface area (TPSA) is 65.0 Å². The van der Waals surface area contributed by atoms with Gasteiger partial charge in [0.1, 0.15) is 0 Å². The minimum atomic E-state index is -1.20. The smallest absolute Gasteiger partial charge is 0.187 e. The SMILES string of the molecule is O=C([O-])c1cccc(Nc2nc(-c3ccc(Cl)cc3)cs2)c1. The van der Waals surface area contributed by atoms with Crippen molar-refractivity contribution in [2.45, 2.75) is 0 Å². The number of carboxylic acid groups (broad SMARTS) is 1. The zero-order valence-electron chi connectivity index (χ0n) is 11.2. The van der Waals surface area contributed by atoms with Crippen LogP contribution in [0, 0.1) is 0 Å². The van der Waals surface area contributed by atoms with E-state index in [0.717, 1.165) is 11.3 Å². The first-order valence-electron chi connectivity index (χ1n) is 6.42. The van der Waals surface area contributed by atoms with E-state index in [4.69, 9.17) is 11.6 Å². The maximum atomic E-state index is 10.9. The largest absolute Gasteiger partial charge is 0.545 e. The first-order valence-corrected chi connectivity index (χ1v) is 7.67. The molecule has 4 nitrogen and oxygen atoms in total. The van der Waals surface area contributed by atoms with Crippen LogP contribution in [-0.4, -0.2) is 11.0 Å². The lowest BCUT2D eigenvalue weighted by molar-refractivity contribution is -0.255. The van der Waals surface area contributed by atoms with Gasteiger partial charge in [-0.25, -0.2) is 4.98 Å². The molecule has 0 aliphatic heterocycles. The fourth-order valence-corrected chi connectivity index (χ4v) is 2.80. The molecule has 1 heterocycles. The molecule has 2 aromatic carbocycles. The Kier molecular flexibility index (Phi) is 4.09. The molecule has 110 valence electrons. The van der Waals surface area contributed by atoms with E-state index < -0.39 is 5.97 Å². The molecule has 1 N–H and O–H groups in total. The van der Waals surface area contributed by atoms with Gasteiger partial charge in [0, 0.05) is 21.7 Å². The summed E-state index contributed by atoms with van der Waals surface area (Å²) in [5.74, 6) is -1.20. The highest BCUT2D eigenvalue weighted by Crippen LogP contribution is 2.28. The Morgan fingerprint density at radius 1 is 1.18 bits per heavy atom. The van der Waals surface area contributed by atoms with Crippen molar-refractivity contribution in [3.8, 4) is 11.3 Å². The Bertz CT molecular complexity index is 815. The second kappa shape index (κ2) is 6.17. The van der Waals surface area contributed by atoms with E-state index in [1.807, 2.05) is 29.6 Å². The van der Waals surface area contributed by atoms with Gasteiger partial charge in [-0.1, -0.05) is 35.9 Å². The van der Waals surface area contributed by atoms with Crippen LogP contribution in [0.3, 0.4) is 0 Å². The Hall–Kier alpha value is -2.37. The van der Waals surface area contributed by atoms with Crippen LogP contribution in [0.1, 0.15) is 10.4 Å². The number of hydrogen-bond acceptors (Lipinski definition) is 5. The molecule has 0 aliphatic rings. The van der Waals surface area contributed by atoms with E-state index in [1.54, 1.807) is 12.1 Å². The van der Waals surface area contributed by atoms with Crippen LogP contribution in [0.25, 0.3) is 11.3 Å². The number of halogens is 1. The fourth-order valence-electron chi connectivity index (χ4n) is 1.93. The highest BCUT2D eigenvalue weighted by atomic mass is 35.5. The molecule has 0 fully saturated rings. The Labute approximate surface area is 136 Å². The number of carbonyl (C=O) groups is 1. The summed E-state index contributed by atoms with van der Waals surface area (Å²) in [6, 6.07) is 13.9. The van der Waals surface area contributed by atoms with Crippen molar-refractivity contribution in [3.63, 3.8) is 0 Å². The molecule has 0 aliphatic carbocycles. The molecule has 0 amide bonds. The van der Waals surface area contributed by atoms with Gasteiger partial charge in [-0.05, 0) is 29.8 Å². The summed E-state index contributed by atoms with van der Waals surface area (Å²) in [7, 11) is 0. The van der Waals surface area contributed by atoms with Gasteiger partial charge in [0.25, 0.3) is 0 Å². The zero-order valence-corrected chi connectivity index (χ0v) is 12.8. The molecule has 1 aromatic heterocycles. The number of anilines is 2. The van der Waals surface area contributed by atoms with E-state index in [9.17, 15) is 9.90 Å². The number of hydrogen-bond donors (Lipinski definition) is 1. The maximum absolute atomic E-state index is 10.9. The first kappa shape index (κ1) is 14.6. The number of rotatable bonds is 4. The van der Waals surface area contributed by atoms with Crippen molar-refractivity contribution in [2.24, 2.45) is 0 Å². The summed E-state index contributed by atoms with van der Waals surface area (Å²) >= 11 is 7.31. The molecule has 0 saturated heterocycles. The molecular weight excluding hydrogens is 320 g/mol. The van der Waals surface area contributed by atoms with Gasteiger partial charge < -0.3 is 15.2 Å². The molecule has 3 aromatic rings. The lowest BCUT2D eigenvalue weighted by atomic mass is 10.2. The number of nitrogens with zero attached hydrogens (tertiary/aromatic N) is 1.